The van der Waals surface area contributed by atoms with Gasteiger partial charge in [0, 0.05) is 23.6 Å². The molecule has 1 atom stereocenters. The molecule has 17 heavy (non-hydrogen) atoms. The van der Waals surface area contributed by atoms with Gasteiger partial charge in [-0.15, -0.1) is 0 Å². The Hall–Kier alpha value is -1.55. The molecule has 1 heterocycles. The Morgan fingerprint density at radius 2 is 1.94 bits per heavy atom. The molecule has 4 nitrogen and oxygen atoms in total. The molecule has 0 aliphatic carbocycles. The second-order valence-corrected chi connectivity index (χ2v) is 4.42. The Kier molecular flexibility index (Phi) is 3.33. The Balaban J connectivity index is 2.08. The zero-order chi connectivity index (χ0) is 12.4. The van der Waals surface area contributed by atoms with Crippen LogP contribution < -0.4 is 5.32 Å². The molecule has 1 saturated heterocycles. The first-order valence-electron chi connectivity index (χ1n) is 5.45. The number of nitrogens with zero attached hydrogens (tertiary/aromatic N) is 1. The maximum absolute atomic E-state index is 11.5. The van der Waals surface area contributed by atoms with Crippen LogP contribution in [0.3, 0.4) is 0 Å². The summed E-state index contributed by atoms with van der Waals surface area (Å²) in [5, 5.41) is 3.70. The van der Waals surface area contributed by atoms with Crippen molar-refractivity contribution < 1.29 is 9.59 Å². The molecule has 0 spiro atoms. The highest BCUT2D eigenvalue weighted by atomic mass is 35.5. The molecular weight excluding hydrogens is 240 g/mol. The first-order chi connectivity index (χ1) is 8.08. The van der Waals surface area contributed by atoms with E-state index >= 15 is 0 Å². The lowest BCUT2D eigenvalue weighted by Gasteiger charge is -2.24. The lowest BCUT2D eigenvalue weighted by molar-refractivity contribution is -0.140. The van der Waals surface area contributed by atoms with Gasteiger partial charge in [0.1, 0.15) is 6.17 Å². The first kappa shape index (κ1) is 11.9. The van der Waals surface area contributed by atoms with Crippen LogP contribution in [0.1, 0.15) is 19.8 Å². The highest BCUT2D eigenvalue weighted by Crippen LogP contribution is 2.19. The van der Waals surface area contributed by atoms with E-state index in [1.54, 1.807) is 19.1 Å². The summed E-state index contributed by atoms with van der Waals surface area (Å²) in [5.74, 6) is -0.256. The van der Waals surface area contributed by atoms with E-state index in [0.29, 0.717) is 17.9 Å². The smallest absolute Gasteiger partial charge is 0.231 e. The zero-order valence-electron chi connectivity index (χ0n) is 9.44. The van der Waals surface area contributed by atoms with Gasteiger partial charge in [-0.1, -0.05) is 17.7 Å². The minimum Gasteiger partial charge on any atom is -0.365 e. The summed E-state index contributed by atoms with van der Waals surface area (Å²) in [4.78, 5) is 24.3. The van der Waals surface area contributed by atoms with Crippen molar-refractivity contribution in [3.05, 3.63) is 29.3 Å². The molecule has 1 fully saturated rings. The number of nitrogens with one attached hydrogen (secondary N) is 1. The molecule has 1 N–H and O–H groups in total. The fraction of sp³-hybridized carbons (Fsp3) is 0.333. The predicted octanol–water partition coefficient (Wildman–Crippen LogP) is 2.25. The van der Waals surface area contributed by atoms with Gasteiger partial charge in [-0.05, 0) is 25.1 Å². The fourth-order valence-corrected chi connectivity index (χ4v) is 2.10. The monoisotopic (exact) mass is 252 g/mol. The molecule has 1 aromatic rings. The van der Waals surface area contributed by atoms with Crippen molar-refractivity contribution in [2.45, 2.75) is 25.9 Å². The summed E-state index contributed by atoms with van der Waals surface area (Å²) in [6, 6.07) is 7.17. The van der Waals surface area contributed by atoms with Gasteiger partial charge >= 0.3 is 0 Å². The highest BCUT2D eigenvalue weighted by Gasteiger charge is 2.32. The maximum Gasteiger partial charge on any atom is 0.231 e. The quantitative estimate of drug-likeness (QED) is 0.840. The lowest BCUT2D eigenvalue weighted by Crippen LogP contribution is -2.42. The van der Waals surface area contributed by atoms with Crippen LogP contribution in [0.4, 0.5) is 5.69 Å². The van der Waals surface area contributed by atoms with E-state index in [1.165, 1.54) is 4.90 Å². The molecule has 0 radical (unpaired) electrons. The minimum atomic E-state index is -0.351. The number of hydrogen-bond donors (Lipinski definition) is 1. The van der Waals surface area contributed by atoms with Crippen LogP contribution in [0.15, 0.2) is 24.3 Å². The predicted molar refractivity (Wildman–Crippen MR) is 65.6 cm³/mol. The summed E-state index contributed by atoms with van der Waals surface area (Å²) in [6.07, 6.45) is 0.261. The molecule has 0 bridgehead atoms. The average molecular weight is 253 g/mol. The molecule has 1 aliphatic heterocycles. The van der Waals surface area contributed by atoms with Crippen molar-refractivity contribution in [3.63, 3.8) is 0 Å². The number of imide groups is 1. The Morgan fingerprint density at radius 1 is 1.29 bits per heavy atom. The third kappa shape index (κ3) is 2.58. The normalized spacial score (nSPS) is 17.4. The Labute approximate surface area is 105 Å². The van der Waals surface area contributed by atoms with Crippen LogP contribution in [0.2, 0.25) is 5.02 Å². The van der Waals surface area contributed by atoms with Gasteiger partial charge in [-0.3, -0.25) is 14.5 Å². The summed E-state index contributed by atoms with van der Waals surface area (Å²) in [5.41, 5.74) is 0.789. The Morgan fingerprint density at radius 3 is 2.53 bits per heavy atom. The minimum absolute atomic E-state index is 0.128. The highest BCUT2D eigenvalue weighted by molar-refractivity contribution is 6.30. The van der Waals surface area contributed by atoms with Crippen molar-refractivity contribution in [2.75, 3.05) is 5.32 Å². The van der Waals surface area contributed by atoms with Gasteiger partial charge in [0.2, 0.25) is 11.8 Å². The van der Waals surface area contributed by atoms with Crippen LogP contribution in [-0.4, -0.2) is 22.9 Å². The summed E-state index contributed by atoms with van der Waals surface area (Å²) in [6.45, 7) is 1.78. The molecule has 5 heteroatoms. The van der Waals surface area contributed by atoms with E-state index in [9.17, 15) is 9.59 Å². The maximum atomic E-state index is 11.5. The summed E-state index contributed by atoms with van der Waals surface area (Å²) < 4.78 is 0. The van der Waals surface area contributed by atoms with E-state index in [2.05, 4.69) is 5.32 Å². The average Bonchev–Trinajstić information content (AvgIpc) is 2.58. The summed E-state index contributed by atoms with van der Waals surface area (Å²) in [7, 11) is 0. The van der Waals surface area contributed by atoms with Crippen LogP contribution in [-0.2, 0) is 9.59 Å². The van der Waals surface area contributed by atoms with Crippen LogP contribution in [0.25, 0.3) is 0 Å². The molecule has 0 aromatic heterocycles. The topological polar surface area (TPSA) is 49.4 Å². The lowest BCUT2D eigenvalue weighted by atomic mass is 10.3. The number of carbonyl (C=O) groups is 2. The largest absolute Gasteiger partial charge is 0.365 e. The van der Waals surface area contributed by atoms with Gasteiger partial charge in [-0.25, -0.2) is 0 Å². The first-order valence-corrected chi connectivity index (χ1v) is 5.83. The number of hydrogen-bond acceptors (Lipinski definition) is 3. The molecule has 1 aromatic carbocycles. The molecule has 2 amide bonds. The van der Waals surface area contributed by atoms with Gasteiger partial charge in [0.15, 0.2) is 0 Å². The number of carbonyl (C=O) groups excluding carboxylic acids is 2. The summed E-state index contributed by atoms with van der Waals surface area (Å²) >= 11 is 5.86. The van der Waals surface area contributed by atoms with E-state index < -0.39 is 0 Å². The van der Waals surface area contributed by atoms with Crippen LogP contribution in [0, 0.1) is 0 Å². The van der Waals surface area contributed by atoms with Gasteiger partial charge in [-0.2, -0.15) is 0 Å². The van der Waals surface area contributed by atoms with Crippen LogP contribution in [0.5, 0.6) is 0 Å². The standard InChI is InChI=1S/C12H13ClN2O2/c1-8(15-11(16)5-6-12(15)17)14-10-4-2-3-9(13)7-10/h2-4,7-8,14H,5-6H2,1H3. The molecule has 1 unspecified atom stereocenters. The van der Waals surface area contributed by atoms with Crippen molar-refractivity contribution >= 4 is 29.1 Å². The SMILES string of the molecule is CC(Nc1cccc(Cl)c1)N1C(=O)CCC1=O. The van der Waals surface area contributed by atoms with Crippen molar-refractivity contribution in [1.29, 1.82) is 0 Å². The van der Waals surface area contributed by atoms with Crippen molar-refractivity contribution in [1.82, 2.24) is 4.90 Å². The molecule has 2 rings (SSSR count). The third-order valence-electron chi connectivity index (χ3n) is 2.68. The fourth-order valence-electron chi connectivity index (χ4n) is 1.91. The number of amides is 2. The van der Waals surface area contributed by atoms with E-state index in [1.807, 2.05) is 12.1 Å². The number of anilines is 1. The van der Waals surface area contributed by atoms with Gasteiger partial charge < -0.3 is 5.32 Å². The second kappa shape index (κ2) is 4.75. The van der Waals surface area contributed by atoms with E-state index in [-0.39, 0.29) is 18.0 Å². The Bertz CT molecular complexity index is 446. The number of benzene rings is 1. The van der Waals surface area contributed by atoms with E-state index in [4.69, 9.17) is 11.6 Å². The zero-order valence-corrected chi connectivity index (χ0v) is 10.2. The van der Waals surface area contributed by atoms with E-state index in [0.717, 1.165) is 5.69 Å². The van der Waals surface area contributed by atoms with Gasteiger partial charge in [0.05, 0.1) is 0 Å². The number of halogens is 1. The van der Waals surface area contributed by atoms with Crippen LogP contribution >= 0.6 is 11.6 Å². The third-order valence-corrected chi connectivity index (χ3v) is 2.91. The van der Waals surface area contributed by atoms with Gasteiger partial charge in [0.25, 0.3) is 0 Å². The molecule has 90 valence electrons. The second-order valence-electron chi connectivity index (χ2n) is 3.99. The van der Waals surface area contributed by atoms with Crippen molar-refractivity contribution in [3.8, 4) is 0 Å². The van der Waals surface area contributed by atoms with Crippen molar-refractivity contribution in [2.24, 2.45) is 0 Å². The molecular formula is C12H13ClN2O2. The molecule has 1 aliphatic rings. The number of rotatable bonds is 3. The molecule has 0 saturated carbocycles. The number of likely N-dealkylation sites (tertiary alicyclic amines) is 1.